The third-order valence-electron chi connectivity index (χ3n) is 1.95. The van der Waals surface area contributed by atoms with Crippen molar-refractivity contribution in [1.29, 1.82) is 0 Å². The van der Waals surface area contributed by atoms with Gasteiger partial charge in [0.05, 0.1) is 0 Å². The number of halogens is 1. The molecule has 0 aliphatic heterocycles. The van der Waals surface area contributed by atoms with Gasteiger partial charge < -0.3 is 7.63 Å². The summed E-state index contributed by atoms with van der Waals surface area (Å²) in [6, 6.07) is 8.13. The Labute approximate surface area is 84.8 Å². The second-order valence-corrected chi connectivity index (χ2v) is 3.16. The van der Waals surface area contributed by atoms with Crippen molar-refractivity contribution in [3.8, 4) is 5.75 Å². The summed E-state index contributed by atoms with van der Waals surface area (Å²) in [4.78, 5) is 0. The Morgan fingerprint density at radius 1 is 1.33 bits per heavy atom. The standard InChI is InChI=1S/C9H8INO/c1-11-5-4-7-6-8(12-10)2-3-9(7)11/h2-6H,1H3. The Morgan fingerprint density at radius 3 is 2.92 bits per heavy atom. The van der Waals surface area contributed by atoms with E-state index in [0.29, 0.717) is 0 Å². The second kappa shape index (κ2) is 2.97. The molecule has 0 aliphatic rings. The molecule has 12 heavy (non-hydrogen) atoms. The molecular formula is C9H8INO. The predicted molar refractivity (Wildman–Crippen MR) is 57.6 cm³/mol. The van der Waals surface area contributed by atoms with Crippen LogP contribution in [0, 0.1) is 0 Å². The molecule has 0 fully saturated rings. The Balaban J connectivity index is 2.69. The van der Waals surface area contributed by atoms with Crippen LogP contribution in [0.15, 0.2) is 30.5 Å². The fourth-order valence-corrected chi connectivity index (χ4v) is 1.58. The molecule has 0 unspecified atom stereocenters. The molecule has 0 amide bonds. The minimum atomic E-state index is 0.898. The molecule has 62 valence electrons. The molecule has 0 aliphatic carbocycles. The number of aromatic nitrogens is 1. The first-order valence-corrected chi connectivity index (χ1v) is 4.53. The van der Waals surface area contributed by atoms with E-state index in [2.05, 4.69) is 16.7 Å². The van der Waals surface area contributed by atoms with Crippen LogP contribution in [0.25, 0.3) is 10.9 Å². The first-order valence-electron chi connectivity index (χ1n) is 3.65. The fourth-order valence-electron chi connectivity index (χ4n) is 1.31. The average Bonchev–Trinajstić information content (AvgIpc) is 2.47. The lowest BCUT2D eigenvalue weighted by Crippen LogP contribution is -1.82. The molecule has 0 bridgehead atoms. The van der Waals surface area contributed by atoms with Crippen LogP contribution in [0.5, 0.6) is 5.75 Å². The van der Waals surface area contributed by atoms with Crippen LogP contribution in [0.1, 0.15) is 0 Å². The van der Waals surface area contributed by atoms with Gasteiger partial charge in [-0.1, -0.05) is 0 Å². The summed E-state index contributed by atoms with van der Waals surface area (Å²) in [5.41, 5.74) is 1.23. The minimum Gasteiger partial charge on any atom is -0.428 e. The van der Waals surface area contributed by atoms with Crippen LogP contribution in [-0.4, -0.2) is 4.57 Å². The van der Waals surface area contributed by atoms with Crippen LogP contribution in [0.2, 0.25) is 0 Å². The largest absolute Gasteiger partial charge is 0.428 e. The monoisotopic (exact) mass is 273 g/mol. The van der Waals surface area contributed by atoms with Gasteiger partial charge in [-0.3, -0.25) is 0 Å². The smallest absolute Gasteiger partial charge is 0.192 e. The van der Waals surface area contributed by atoms with Gasteiger partial charge in [0.15, 0.2) is 23.0 Å². The maximum absolute atomic E-state index is 5.09. The molecule has 0 saturated heterocycles. The maximum Gasteiger partial charge on any atom is 0.192 e. The lowest BCUT2D eigenvalue weighted by molar-refractivity contribution is 0.718. The van der Waals surface area contributed by atoms with E-state index in [1.807, 2.05) is 48.4 Å². The molecule has 1 aromatic heterocycles. The van der Waals surface area contributed by atoms with Crippen molar-refractivity contribution in [2.24, 2.45) is 7.05 Å². The van der Waals surface area contributed by atoms with Crippen LogP contribution < -0.4 is 3.07 Å². The predicted octanol–water partition coefficient (Wildman–Crippen LogP) is 2.91. The molecule has 1 heterocycles. The van der Waals surface area contributed by atoms with Crippen LogP contribution in [0.4, 0.5) is 0 Å². The molecule has 2 rings (SSSR count). The molecule has 0 spiro atoms. The quantitative estimate of drug-likeness (QED) is 0.729. The fraction of sp³-hybridized carbons (Fsp3) is 0.111. The lowest BCUT2D eigenvalue weighted by atomic mass is 10.2. The number of rotatable bonds is 1. The summed E-state index contributed by atoms with van der Waals surface area (Å²) in [5.74, 6) is 0.898. The Morgan fingerprint density at radius 2 is 2.17 bits per heavy atom. The van der Waals surface area contributed by atoms with Gasteiger partial charge in [0.1, 0.15) is 5.75 Å². The molecule has 1 aromatic carbocycles. The van der Waals surface area contributed by atoms with Crippen LogP contribution in [0.3, 0.4) is 0 Å². The lowest BCUT2D eigenvalue weighted by Gasteiger charge is -1.98. The highest BCUT2D eigenvalue weighted by molar-refractivity contribution is 14.1. The van der Waals surface area contributed by atoms with Gasteiger partial charge >= 0.3 is 0 Å². The average molecular weight is 273 g/mol. The number of hydrogen-bond donors (Lipinski definition) is 0. The van der Waals surface area contributed by atoms with Gasteiger partial charge in [-0.25, -0.2) is 0 Å². The van der Waals surface area contributed by atoms with Crippen molar-refractivity contribution in [1.82, 2.24) is 4.57 Å². The van der Waals surface area contributed by atoms with Crippen molar-refractivity contribution in [3.63, 3.8) is 0 Å². The second-order valence-electron chi connectivity index (χ2n) is 2.72. The van der Waals surface area contributed by atoms with Crippen LogP contribution in [-0.2, 0) is 7.05 Å². The molecule has 2 aromatic rings. The van der Waals surface area contributed by atoms with Gasteiger partial charge in [0.2, 0.25) is 0 Å². The summed E-state index contributed by atoms with van der Waals surface area (Å²) >= 11 is 1.89. The van der Waals surface area contributed by atoms with Crippen molar-refractivity contribution in [2.75, 3.05) is 0 Å². The summed E-state index contributed by atoms with van der Waals surface area (Å²) in [6.07, 6.45) is 2.04. The van der Waals surface area contributed by atoms with Gasteiger partial charge in [0, 0.05) is 24.1 Å². The van der Waals surface area contributed by atoms with Gasteiger partial charge in [-0.15, -0.1) is 0 Å². The van der Waals surface area contributed by atoms with E-state index in [-0.39, 0.29) is 0 Å². The highest BCUT2D eigenvalue weighted by atomic mass is 127. The van der Waals surface area contributed by atoms with Gasteiger partial charge in [-0.05, 0) is 24.3 Å². The first kappa shape index (κ1) is 7.91. The van der Waals surface area contributed by atoms with E-state index in [1.54, 1.807) is 0 Å². The zero-order valence-electron chi connectivity index (χ0n) is 6.62. The van der Waals surface area contributed by atoms with Gasteiger partial charge in [-0.2, -0.15) is 0 Å². The number of hydrogen-bond acceptors (Lipinski definition) is 1. The number of nitrogens with zero attached hydrogens (tertiary/aromatic N) is 1. The van der Waals surface area contributed by atoms with E-state index in [9.17, 15) is 0 Å². The van der Waals surface area contributed by atoms with Crippen molar-refractivity contribution >= 4 is 33.9 Å². The van der Waals surface area contributed by atoms with Crippen LogP contribution >= 0.6 is 23.0 Å². The Hall–Kier alpha value is -0.710. The van der Waals surface area contributed by atoms with Crippen molar-refractivity contribution in [2.45, 2.75) is 0 Å². The molecule has 0 saturated carbocycles. The van der Waals surface area contributed by atoms with E-state index >= 15 is 0 Å². The van der Waals surface area contributed by atoms with Gasteiger partial charge in [0.25, 0.3) is 0 Å². The summed E-state index contributed by atoms with van der Waals surface area (Å²) in [6.45, 7) is 0. The molecule has 2 nitrogen and oxygen atoms in total. The summed E-state index contributed by atoms with van der Waals surface area (Å²) < 4.78 is 7.18. The number of fused-ring (bicyclic) bond motifs is 1. The Kier molecular flexibility index (Phi) is 1.96. The van der Waals surface area contributed by atoms with E-state index in [4.69, 9.17) is 3.07 Å². The van der Waals surface area contributed by atoms with Crippen molar-refractivity contribution in [3.05, 3.63) is 30.5 Å². The zero-order chi connectivity index (χ0) is 8.55. The molecule has 0 radical (unpaired) electrons. The third-order valence-corrected chi connectivity index (χ3v) is 2.45. The molecular weight excluding hydrogens is 265 g/mol. The summed E-state index contributed by atoms with van der Waals surface area (Å²) in [7, 11) is 2.03. The zero-order valence-corrected chi connectivity index (χ0v) is 8.78. The van der Waals surface area contributed by atoms with E-state index in [0.717, 1.165) is 5.75 Å². The third kappa shape index (κ3) is 1.18. The number of benzene rings is 1. The topological polar surface area (TPSA) is 14.2 Å². The SMILES string of the molecule is Cn1ccc2cc(OI)ccc21. The molecule has 0 atom stereocenters. The molecule has 0 N–H and O–H groups in total. The minimum absolute atomic E-state index is 0.898. The summed E-state index contributed by atoms with van der Waals surface area (Å²) in [5, 5.41) is 1.21. The molecule has 3 heteroatoms. The van der Waals surface area contributed by atoms with E-state index in [1.165, 1.54) is 10.9 Å². The normalized spacial score (nSPS) is 10.5. The highest BCUT2D eigenvalue weighted by Gasteiger charge is 1.98. The first-order chi connectivity index (χ1) is 5.81. The highest BCUT2D eigenvalue weighted by Crippen LogP contribution is 2.22. The maximum atomic E-state index is 5.09. The number of aryl methyl sites for hydroxylation is 1. The van der Waals surface area contributed by atoms with E-state index < -0.39 is 0 Å². The Bertz CT molecular complexity index is 408. The van der Waals surface area contributed by atoms with Crippen molar-refractivity contribution < 1.29 is 3.07 Å².